The van der Waals surface area contributed by atoms with Crippen LogP contribution in [-0.4, -0.2) is 29.8 Å². The Kier molecular flexibility index (Phi) is 4.83. The predicted molar refractivity (Wildman–Crippen MR) is 83.6 cm³/mol. The molecular weight excluding hydrogens is 266 g/mol. The number of carbonyl (C=O) groups excluding carboxylic acids is 2. The molecule has 1 aliphatic rings. The molecule has 1 heterocycles. The molecule has 5 heteroatoms. The van der Waals surface area contributed by atoms with Gasteiger partial charge >= 0.3 is 0 Å². The van der Waals surface area contributed by atoms with Gasteiger partial charge in [-0.25, -0.2) is 0 Å². The number of nitrogens with one attached hydrogen (secondary N) is 1. The van der Waals surface area contributed by atoms with E-state index in [1.54, 1.807) is 29.2 Å². The number of nitrogens with two attached hydrogens (primary N) is 1. The maximum Gasteiger partial charge on any atom is 0.226 e. The van der Waals surface area contributed by atoms with Crippen molar-refractivity contribution in [2.24, 2.45) is 11.8 Å². The zero-order valence-corrected chi connectivity index (χ0v) is 12.6. The fraction of sp³-hybridized carbons (Fsp3) is 0.500. The van der Waals surface area contributed by atoms with Crippen molar-refractivity contribution in [3.05, 3.63) is 24.3 Å². The molecule has 1 aromatic carbocycles. The molecule has 1 fully saturated rings. The second-order valence-corrected chi connectivity index (χ2v) is 5.97. The summed E-state index contributed by atoms with van der Waals surface area (Å²) in [6.07, 6.45) is 0.929. The third kappa shape index (κ3) is 4.21. The number of hydrogen-bond donors (Lipinski definition) is 2. The van der Waals surface area contributed by atoms with Gasteiger partial charge in [-0.2, -0.15) is 0 Å². The molecule has 2 rings (SSSR count). The number of likely N-dealkylation sites (tertiary alicyclic amines) is 1. The lowest BCUT2D eigenvalue weighted by molar-refractivity contribution is -0.128. The molecule has 1 saturated heterocycles. The summed E-state index contributed by atoms with van der Waals surface area (Å²) in [6.45, 7) is 5.53. The molecule has 1 aromatic rings. The van der Waals surface area contributed by atoms with Gasteiger partial charge in [0.15, 0.2) is 0 Å². The van der Waals surface area contributed by atoms with Crippen LogP contribution in [0, 0.1) is 11.8 Å². The second-order valence-electron chi connectivity index (χ2n) is 5.97. The highest BCUT2D eigenvalue weighted by atomic mass is 16.2. The first kappa shape index (κ1) is 15.4. The van der Waals surface area contributed by atoms with E-state index in [0.717, 1.165) is 12.2 Å². The molecular formula is C16H23N3O2. The molecule has 3 N–H and O–H groups in total. The number of carbonyl (C=O) groups is 2. The van der Waals surface area contributed by atoms with Crippen molar-refractivity contribution < 1.29 is 9.59 Å². The Morgan fingerprint density at radius 2 is 2.05 bits per heavy atom. The molecule has 1 atom stereocenters. The highest BCUT2D eigenvalue weighted by molar-refractivity contribution is 5.91. The zero-order valence-electron chi connectivity index (χ0n) is 12.6. The Hall–Kier alpha value is -2.04. The van der Waals surface area contributed by atoms with Crippen molar-refractivity contribution in [3.63, 3.8) is 0 Å². The van der Waals surface area contributed by atoms with Crippen LogP contribution in [0.25, 0.3) is 0 Å². The largest absolute Gasteiger partial charge is 0.399 e. The van der Waals surface area contributed by atoms with Crippen molar-refractivity contribution in [2.45, 2.75) is 26.7 Å². The Labute approximate surface area is 125 Å². The third-order valence-electron chi connectivity index (χ3n) is 3.99. The van der Waals surface area contributed by atoms with Crippen LogP contribution < -0.4 is 11.1 Å². The van der Waals surface area contributed by atoms with Crippen LogP contribution in [0.4, 0.5) is 11.4 Å². The lowest BCUT2D eigenvalue weighted by atomic mass is 9.95. The minimum Gasteiger partial charge on any atom is -0.399 e. The Bertz CT molecular complexity index is 511. The Morgan fingerprint density at radius 1 is 1.38 bits per heavy atom. The van der Waals surface area contributed by atoms with Crippen LogP contribution in [0.1, 0.15) is 26.7 Å². The van der Waals surface area contributed by atoms with Crippen LogP contribution in [0.3, 0.4) is 0 Å². The van der Waals surface area contributed by atoms with E-state index in [-0.39, 0.29) is 11.8 Å². The Balaban J connectivity index is 1.79. The summed E-state index contributed by atoms with van der Waals surface area (Å²) in [5.74, 6) is 0.995. The van der Waals surface area contributed by atoms with Gasteiger partial charge < -0.3 is 16.0 Å². The van der Waals surface area contributed by atoms with Crippen molar-refractivity contribution in [1.29, 1.82) is 0 Å². The smallest absolute Gasteiger partial charge is 0.226 e. The summed E-state index contributed by atoms with van der Waals surface area (Å²) < 4.78 is 0. The van der Waals surface area contributed by atoms with E-state index in [0.29, 0.717) is 36.9 Å². The zero-order chi connectivity index (χ0) is 15.4. The third-order valence-corrected chi connectivity index (χ3v) is 3.99. The first-order valence-corrected chi connectivity index (χ1v) is 7.39. The van der Waals surface area contributed by atoms with Crippen molar-refractivity contribution in [1.82, 2.24) is 4.90 Å². The van der Waals surface area contributed by atoms with E-state index in [4.69, 9.17) is 5.73 Å². The van der Waals surface area contributed by atoms with Crippen LogP contribution in [0.5, 0.6) is 0 Å². The fourth-order valence-electron chi connectivity index (χ4n) is 2.49. The fourth-order valence-corrected chi connectivity index (χ4v) is 2.49. The van der Waals surface area contributed by atoms with Crippen molar-refractivity contribution >= 4 is 23.2 Å². The molecule has 5 nitrogen and oxygen atoms in total. The van der Waals surface area contributed by atoms with E-state index < -0.39 is 0 Å². The summed E-state index contributed by atoms with van der Waals surface area (Å²) in [5, 5.41) is 2.81. The second kappa shape index (κ2) is 6.61. The minimum absolute atomic E-state index is 0.0828. The highest BCUT2D eigenvalue weighted by Gasteiger charge is 2.31. The first-order chi connectivity index (χ1) is 9.95. The van der Waals surface area contributed by atoms with Gasteiger partial charge in [0.1, 0.15) is 0 Å². The SMILES string of the molecule is CC(C)C1CC(=O)N(CCC(=O)Nc2ccc(N)cc2)C1. The molecule has 21 heavy (non-hydrogen) atoms. The highest BCUT2D eigenvalue weighted by Crippen LogP contribution is 2.24. The lowest BCUT2D eigenvalue weighted by Crippen LogP contribution is -2.29. The quantitative estimate of drug-likeness (QED) is 0.815. The summed E-state index contributed by atoms with van der Waals surface area (Å²) in [7, 11) is 0. The van der Waals surface area contributed by atoms with Gasteiger partial charge in [-0.3, -0.25) is 9.59 Å². The van der Waals surface area contributed by atoms with Gasteiger partial charge in [0.2, 0.25) is 11.8 Å². The van der Waals surface area contributed by atoms with Crippen LogP contribution in [0.15, 0.2) is 24.3 Å². The molecule has 2 amide bonds. The number of hydrogen-bond acceptors (Lipinski definition) is 3. The number of rotatable bonds is 5. The van der Waals surface area contributed by atoms with Crippen LogP contribution >= 0.6 is 0 Å². The van der Waals surface area contributed by atoms with Crippen molar-refractivity contribution in [2.75, 3.05) is 24.1 Å². The molecule has 0 bridgehead atoms. The maximum absolute atomic E-state index is 11.9. The molecule has 1 unspecified atom stereocenters. The topological polar surface area (TPSA) is 75.4 Å². The van der Waals surface area contributed by atoms with Gasteiger partial charge in [0.05, 0.1) is 0 Å². The standard InChI is InChI=1S/C16H23N3O2/c1-11(2)12-9-16(21)19(10-12)8-7-15(20)18-14-5-3-13(17)4-6-14/h3-6,11-12H,7-10,17H2,1-2H3,(H,18,20). The summed E-state index contributed by atoms with van der Waals surface area (Å²) in [6, 6.07) is 7.02. The van der Waals surface area contributed by atoms with Crippen LogP contribution in [0.2, 0.25) is 0 Å². The molecule has 114 valence electrons. The summed E-state index contributed by atoms with van der Waals surface area (Å²) in [5.41, 5.74) is 6.98. The van der Waals surface area contributed by atoms with Gasteiger partial charge in [0, 0.05) is 37.3 Å². The molecule has 0 radical (unpaired) electrons. The normalized spacial score (nSPS) is 18.3. The van der Waals surface area contributed by atoms with Gasteiger partial charge in [-0.1, -0.05) is 13.8 Å². The predicted octanol–water partition coefficient (Wildman–Crippen LogP) is 2.10. The monoisotopic (exact) mass is 289 g/mol. The number of amides is 2. The first-order valence-electron chi connectivity index (χ1n) is 7.39. The molecule has 1 aliphatic heterocycles. The molecule has 0 saturated carbocycles. The number of nitrogen functional groups attached to an aromatic ring is 1. The molecule has 0 aromatic heterocycles. The number of benzene rings is 1. The Morgan fingerprint density at radius 3 is 2.62 bits per heavy atom. The molecule has 0 aliphatic carbocycles. The number of anilines is 2. The van der Waals surface area contributed by atoms with Crippen molar-refractivity contribution in [3.8, 4) is 0 Å². The van der Waals surface area contributed by atoms with Gasteiger partial charge in [-0.05, 0) is 36.1 Å². The van der Waals surface area contributed by atoms with E-state index in [2.05, 4.69) is 19.2 Å². The van der Waals surface area contributed by atoms with E-state index in [1.165, 1.54) is 0 Å². The average Bonchev–Trinajstić information content (AvgIpc) is 2.81. The van der Waals surface area contributed by atoms with Gasteiger partial charge in [0.25, 0.3) is 0 Å². The van der Waals surface area contributed by atoms with Gasteiger partial charge in [-0.15, -0.1) is 0 Å². The van der Waals surface area contributed by atoms with E-state index in [9.17, 15) is 9.59 Å². The summed E-state index contributed by atoms with van der Waals surface area (Å²) >= 11 is 0. The minimum atomic E-state index is -0.0828. The maximum atomic E-state index is 11.9. The van der Waals surface area contributed by atoms with E-state index in [1.807, 2.05) is 0 Å². The van der Waals surface area contributed by atoms with Crippen LogP contribution in [-0.2, 0) is 9.59 Å². The summed E-state index contributed by atoms with van der Waals surface area (Å²) in [4.78, 5) is 25.6. The average molecular weight is 289 g/mol. The molecule has 0 spiro atoms. The van der Waals surface area contributed by atoms with E-state index >= 15 is 0 Å². The lowest BCUT2D eigenvalue weighted by Gasteiger charge is -2.17. The number of nitrogens with zero attached hydrogens (tertiary/aromatic N) is 1.